The second kappa shape index (κ2) is 9.71. The molecule has 2 saturated heterocycles. The molecule has 2 heterocycles. The molecule has 1 amide bonds. The van der Waals surface area contributed by atoms with E-state index < -0.39 is 0 Å². The number of benzene rings is 2. The average Bonchev–Trinajstić information content (AvgIpc) is 2.94. The molecule has 166 valence electrons. The summed E-state index contributed by atoms with van der Waals surface area (Å²) >= 11 is 0. The van der Waals surface area contributed by atoms with E-state index in [-0.39, 0.29) is 30.6 Å². The first-order valence-corrected chi connectivity index (χ1v) is 11.1. The van der Waals surface area contributed by atoms with Crippen LogP contribution in [-0.4, -0.2) is 56.4 Å². The Morgan fingerprint density at radius 2 is 1.90 bits per heavy atom. The van der Waals surface area contributed by atoms with E-state index in [0.29, 0.717) is 6.54 Å². The summed E-state index contributed by atoms with van der Waals surface area (Å²) in [6, 6.07) is 16.1. The number of para-hydroxylation sites is 1. The fourth-order valence-corrected chi connectivity index (χ4v) is 4.49. The van der Waals surface area contributed by atoms with Gasteiger partial charge < -0.3 is 19.1 Å². The fourth-order valence-electron chi connectivity index (χ4n) is 4.49. The number of carbonyl (C=O) groups excluding carboxylic acids is 1. The summed E-state index contributed by atoms with van der Waals surface area (Å²) in [5.74, 6) is 1.86. The Kier molecular flexibility index (Phi) is 6.78. The van der Waals surface area contributed by atoms with Gasteiger partial charge in [-0.05, 0) is 50.1 Å². The standard InChI is InChI=1S/C25H32N2O4/c1-18(2)31-23-10-9-19(13-24(23)29-3)14-26-12-11-22-20(15-26)16-27(25(28)17-30-22)21-7-5-4-6-8-21/h4-10,13,18,20,22H,11-12,14-17H2,1-3H3/t20-,22+/m1/s1. The van der Waals surface area contributed by atoms with Gasteiger partial charge in [0.2, 0.25) is 0 Å². The topological polar surface area (TPSA) is 51.2 Å². The van der Waals surface area contributed by atoms with Crippen molar-refractivity contribution in [3.8, 4) is 11.5 Å². The van der Waals surface area contributed by atoms with E-state index in [1.54, 1.807) is 7.11 Å². The predicted molar refractivity (Wildman–Crippen MR) is 121 cm³/mol. The highest BCUT2D eigenvalue weighted by atomic mass is 16.5. The minimum absolute atomic E-state index is 0.0395. The van der Waals surface area contributed by atoms with Crippen molar-refractivity contribution in [3.05, 3.63) is 54.1 Å². The molecule has 2 aliphatic rings. The van der Waals surface area contributed by atoms with Gasteiger partial charge in [0.25, 0.3) is 5.91 Å². The summed E-state index contributed by atoms with van der Waals surface area (Å²) < 4.78 is 17.4. The average molecular weight is 425 g/mol. The van der Waals surface area contributed by atoms with Crippen molar-refractivity contribution in [2.75, 3.05) is 38.3 Å². The lowest BCUT2D eigenvalue weighted by atomic mass is 9.93. The molecule has 0 bridgehead atoms. The van der Waals surface area contributed by atoms with Crippen LogP contribution in [0.4, 0.5) is 5.69 Å². The summed E-state index contributed by atoms with van der Waals surface area (Å²) in [4.78, 5) is 17.0. The van der Waals surface area contributed by atoms with Gasteiger partial charge in [0.1, 0.15) is 6.61 Å². The second-order valence-corrected chi connectivity index (χ2v) is 8.63. The third-order valence-electron chi connectivity index (χ3n) is 5.95. The monoisotopic (exact) mass is 424 g/mol. The molecular formula is C25H32N2O4. The van der Waals surface area contributed by atoms with Crippen LogP contribution >= 0.6 is 0 Å². The normalized spacial score (nSPS) is 22.2. The fraction of sp³-hybridized carbons (Fsp3) is 0.480. The van der Waals surface area contributed by atoms with Crippen LogP contribution in [0.15, 0.2) is 48.5 Å². The van der Waals surface area contributed by atoms with Gasteiger partial charge in [-0.25, -0.2) is 0 Å². The van der Waals surface area contributed by atoms with Crippen molar-refractivity contribution in [2.45, 2.75) is 39.0 Å². The van der Waals surface area contributed by atoms with Crippen molar-refractivity contribution in [1.29, 1.82) is 0 Å². The summed E-state index contributed by atoms with van der Waals surface area (Å²) in [7, 11) is 1.68. The van der Waals surface area contributed by atoms with E-state index in [4.69, 9.17) is 14.2 Å². The highest BCUT2D eigenvalue weighted by Gasteiger charge is 2.36. The minimum Gasteiger partial charge on any atom is -0.493 e. The molecule has 0 unspecified atom stereocenters. The molecule has 6 heteroatoms. The highest BCUT2D eigenvalue weighted by Crippen LogP contribution is 2.31. The van der Waals surface area contributed by atoms with E-state index >= 15 is 0 Å². The zero-order chi connectivity index (χ0) is 21.8. The van der Waals surface area contributed by atoms with Crippen LogP contribution in [0.2, 0.25) is 0 Å². The lowest BCUT2D eigenvalue weighted by molar-refractivity contribution is -0.124. The van der Waals surface area contributed by atoms with Crippen LogP contribution in [-0.2, 0) is 16.1 Å². The number of amides is 1. The molecule has 31 heavy (non-hydrogen) atoms. The summed E-state index contributed by atoms with van der Waals surface area (Å²) in [6.45, 7) is 7.55. The first kappa shape index (κ1) is 21.7. The Balaban J connectivity index is 1.45. The molecule has 0 radical (unpaired) electrons. The lowest BCUT2D eigenvalue weighted by Gasteiger charge is -2.38. The van der Waals surface area contributed by atoms with Crippen molar-refractivity contribution in [3.63, 3.8) is 0 Å². The van der Waals surface area contributed by atoms with Crippen LogP contribution < -0.4 is 14.4 Å². The van der Waals surface area contributed by atoms with E-state index in [9.17, 15) is 4.79 Å². The maximum atomic E-state index is 12.7. The van der Waals surface area contributed by atoms with Crippen molar-refractivity contribution >= 4 is 11.6 Å². The first-order valence-electron chi connectivity index (χ1n) is 11.1. The molecule has 0 aliphatic carbocycles. The number of nitrogens with zero attached hydrogens (tertiary/aromatic N) is 2. The van der Waals surface area contributed by atoms with Crippen molar-refractivity contribution in [1.82, 2.24) is 4.90 Å². The number of methoxy groups -OCH3 is 1. The van der Waals surface area contributed by atoms with Gasteiger partial charge in [-0.3, -0.25) is 9.69 Å². The molecule has 2 aromatic carbocycles. The number of hydrogen-bond donors (Lipinski definition) is 0. The zero-order valence-electron chi connectivity index (χ0n) is 18.6. The number of anilines is 1. The quantitative estimate of drug-likeness (QED) is 0.707. The van der Waals surface area contributed by atoms with E-state index in [1.165, 1.54) is 5.56 Å². The van der Waals surface area contributed by atoms with E-state index in [2.05, 4.69) is 17.0 Å². The molecule has 0 spiro atoms. The number of ether oxygens (including phenoxy) is 3. The molecule has 4 rings (SSSR count). The maximum absolute atomic E-state index is 12.7. The number of rotatable bonds is 6. The molecule has 2 atom stereocenters. The molecule has 0 aromatic heterocycles. The van der Waals surface area contributed by atoms with E-state index in [0.717, 1.165) is 43.2 Å². The summed E-state index contributed by atoms with van der Waals surface area (Å²) in [5.41, 5.74) is 2.14. The van der Waals surface area contributed by atoms with Crippen LogP contribution in [0, 0.1) is 5.92 Å². The first-order chi connectivity index (χ1) is 15.0. The van der Waals surface area contributed by atoms with Gasteiger partial charge in [0.05, 0.1) is 19.3 Å². The molecule has 2 aromatic rings. The smallest absolute Gasteiger partial charge is 0.252 e. The van der Waals surface area contributed by atoms with Gasteiger partial charge in [-0.1, -0.05) is 24.3 Å². The van der Waals surface area contributed by atoms with Crippen LogP contribution in [0.5, 0.6) is 11.5 Å². The Hall–Kier alpha value is -2.57. The largest absolute Gasteiger partial charge is 0.493 e. The summed E-state index contributed by atoms with van der Waals surface area (Å²) in [5, 5.41) is 0. The number of carbonyl (C=O) groups is 1. The van der Waals surface area contributed by atoms with Crippen LogP contribution in [0.3, 0.4) is 0 Å². The zero-order valence-corrected chi connectivity index (χ0v) is 18.6. The molecule has 2 fully saturated rings. The maximum Gasteiger partial charge on any atom is 0.252 e. The molecule has 2 aliphatic heterocycles. The minimum atomic E-state index is 0.0395. The van der Waals surface area contributed by atoms with Gasteiger partial charge in [-0.2, -0.15) is 0 Å². The highest BCUT2D eigenvalue weighted by molar-refractivity contribution is 5.94. The van der Waals surface area contributed by atoms with Crippen molar-refractivity contribution in [2.24, 2.45) is 5.92 Å². The molecule has 0 N–H and O–H groups in total. The van der Waals surface area contributed by atoms with Crippen molar-refractivity contribution < 1.29 is 19.0 Å². The van der Waals surface area contributed by atoms with Crippen LogP contribution in [0.25, 0.3) is 0 Å². The number of likely N-dealkylation sites (tertiary alicyclic amines) is 1. The third-order valence-corrected chi connectivity index (χ3v) is 5.95. The Bertz CT molecular complexity index is 886. The number of fused-ring (bicyclic) bond motifs is 1. The Morgan fingerprint density at radius 1 is 1.10 bits per heavy atom. The molecule has 6 nitrogen and oxygen atoms in total. The SMILES string of the molecule is COc1cc(CN2CC[C@@H]3OCC(=O)N(c4ccccc4)C[C@H]3C2)ccc1OC(C)C. The van der Waals surface area contributed by atoms with E-state index in [1.807, 2.05) is 55.1 Å². The van der Waals surface area contributed by atoms with Gasteiger partial charge in [0, 0.05) is 37.8 Å². The second-order valence-electron chi connectivity index (χ2n) is 8.63. The predicted octanol–water partition coefficient (Wildman–Crippen LogP) is 3.74. The van der Waals surface area contributed by atoms with Crippen LogP contribution in [0.1, 0.15) is 25.8 Å². The summed E-state index contributed by atoms with van der Waals surface area (Å²) in [6.07, 6.45) is 1.17. The Morgan fingerprint density at radius 3 is 2.65 bits per heavy atom. The van der Waals surface area contributed by atoms with Gasteiger partial charge in [-0.15, -0.1) is 0 Å². The number of piperidine rings is 1. The lowest BCUT2D eigenvalue weighted by Crippen LogP contribution is -2.47. The Labute approximate surface area is 184 Å². The molecular weight excluding hydrogens is 392 g/mol. The van der Waals surface area contributed by atoms with Gasteiger partial charge >= 0.3 is 0 Å². The van der Waals surface area contributed by atoms with Gasteiger partial charge in [0.15, 0.2) is 11.5 Å². The number of hydrogen-bond acceptors (Lipinski definition) is 5. The third kappa shape index (κ3) is 5.20. The molecule has 0 saturated carbocycles.